The number of carbonyl (C=O) groups excluding carboxylic acids is 2. The Morgan fingerprint density at radius 1 is 1.28 bits per heavy atom. The number of fused-ring (bicyclic) bond motifs is 1. The van der Waals surface area contributed by atoms with E-state index in [1.54, 1.807) is 19.1 Å². The summed E-state index contributed by atoms with van der Waals surface area (Å²) in [7, 11) is 0. The summed E-state index contributed by atoms with van der Waals surface area (Å²) in [5.74, 6) is -0.216. The SMILES string of the molecule is CCOC(=O)NCCNC(=O)CCn1cnc2ccc(Br)cc2c1=O. The van der Waals surface area contributed by atoms with Gasteiger partial charge in [-0.2, -0.15) is 0 Å². The third kappa shape index (κ3) is 5.56. The number of nitrogens with zero attached hydrogens (tertiary/aromatic N) is 2. The number of aromatic nitrogens is 2. The van der Waals surface area contributed by atoms with Crippen LogP contribution in [0.15, 0.2) is 33.8 Å². The highest BCUT2D eigenvalue weighted by molar-refractivity contribution is 9.10. The molecule has 0 radical (unpaired) electrons. The fraction of sp³-hybridized carbons (Fsp3) is 0.375. The summed E-state index contributed by atoms with van der Waals surface area (Å²) < 4.78 is 6.90. The topological polar surface area (TPSA) is 102 Å². The molecule has 2 N–H and O–H groups in total. The van der Waals surface area contributed by atoms with Gasteiger partial charge in [-0.05, 0) is 25.1 Å². The van der Waals surface area contributed by atoms with Gasteiger partial charge in [0.05, 0.1) is 23.8 Å². The van der Waals surface area contributed by atoms with E-state index in [0.29, 0.717) is 17.5 Å². The van der Waals surface area contributed by atoms with Crippen LogP contribution in [0.2, 0.25) is 0 Å². The van der Waals surface area contributed by atoms with E-state index in [9.17, 15) is 14.4 Å². The van der Waals surface area contributed by atoms with E-state index in [0.717, 1.165) is 4.47 Å². The first-order valence-corrected chi connectivity index (χ1v) is 8.62. The molecule has 0 saturated carbocycles. The Labute approximate surface area is 152 Å². The highest BCUT2D eigenvalue weighted by Crippen LogP contribution is 2.14. The van der Waals surface area contributed by atoms with Crippen molar-refractivity contribution in [3.05, 3.63) is 39.4 Å². The number of benzene rings is 1. The van der Waals surface area contributed by atoms with Crippen LogP contribution in [0.5, 0.6) is 0 Å². The Morgan fingerprint density at radius 2 is 2.04 bits per heavy atom. The maximum Gasteiger partial charge on any atom is 0.407 e. The molecule has 134 valence electrons. The van der Waals surface area contributed by atoms with Gasteiger partial charge >= 0.3 is 6.09 Å². The number of ether oxygens (including phenoxy) is 1. The molecule has 25 heavy (non-hydrogen) atoms. The van der Waals surface area contributed by atoms with Crippen molar-refractivity contribution in [1.29, 1.82) is 0 Å². The molecule has 2 amide bonds. The lowest BCUT2D eigenvalue weighted by Crippen LogP contribution is -2.35. The number of aryl methyl sites for hydroxylation is 1. The van der Waals surface area contributed by atoms with Crippen molar-refractivity contribution in [3.8, 4) is 0 Å². The molecule has 0 spiro atoms. The van der Waals surface area contributed by atoms with Crippen molar-refractivity contribution in [1.82, 2.24) is 20.2 Å². The Hall–Kier alpha value is -2.42. The van der Waals surface area contributed by atoms with Crippen molar-refractivity contribution >= 4 is 38.8 Å². The molecule has 0 aliphatic rings. The van der Waals surface area contributed by atoms with Crippen LogP contribution in [-0.2, 0) is 16.1 Å². The van der Waals surface area contributed by atoms with Gasteiger partial charge in [-0.25, -0.2) is 9.78 Å². The zero-order chi connectivity index (χ0) is 18.2. The maximum absolute atomic E-state index is 12.4. The summed E-state index contributed by atoms with van der Waals surface area (Å²) in [4.78, 5) is 39.5. The fourth-order valence-electron chi connectivity index (χ4n) is 2.15. The molecule has 0 saturated heterocycles. The molecular weight excluding hydrogens is 392 g/mol. The number of alkyl carbamates (subject to hydrolysis) is 1. The van der Waals surface area contributed by atoms with Crippen LogP contribution in [0.3, 0.4) is 0 Å². The van der Waals surface area contributed by atoms with E-state index in [-0.39, 0.29) is 37.5 Å². The molecule has 0 atom stereocenters. The zero-order valence-electron chi connectivity index (χ0n) is 13.8. The van der Waals surface area contributed by atoms with Crippen molar-refractivity contribution < 1.29 is 14.3 Å². The predicted octanol–water partition coefficient (Wildman–Crippen LogP) is 1.41. The summed E-state index contributed by atoms with van der Waals surface area (Å²) in [6.07, 6.45) is 1.06. The highest BCUT2D eigenvalue weighted by Gasteiger charge is 2.07. The molecule has 9 heteroatoms. The first-order chi connectivity index (χ1) is 12.0. The Bertz CT molecular complexity index is 821. The number of halogens is 1. The summed E-state index contributed by atoms with van der Waals surface area (Å²) in [5.41, 5.74) is 0.419. The summed E-state index contributed by atoms with van der Waals surface area (Å²) in [6, 6.07) is 5.29. The van der Waals surface area contributed by atoms with Crippen LogP contribution in [0.1, 0.15) is 13.3 Å². The fourth-order valence-corrected chi connectivity index (χ4v) is 2.51. The molecule has 0 fully saturated rings. The lowest BCUT2D eigenvalue weighted by Gasteiger charge is -2.08. The number of carbonyl (C=O) groups is 2. The molecule has 1 aromatic carbocycles. The van der Waals surface area contributed by atoms with E-state index in [4.69, 9.17) is 4.74 Å². The molecule has 8 nitrogen and oxygen atoms in total. The molecule has 2 rings (SSSR count). The van der Waals surface area contributed by atoms with Crippen LogP contribution >= 0.6 is 15.9 Å². The molecule has 0 unspecified atom stereocenters. The van der Waals surface area contributed by atoms with E-state index >= 15 is 0 Å². The first-order valence-electron chi connectivity index (χ1n) is 7.83. The minimum absolute atomic E-state index is 0.139. The third-order valence-corrected chi connectivity index (χ3v) is 3.85. The minimum atomic E-state index is -0.517. The van der Waals surface area contributed by atoms with Gasteiger partial charge in [0.25, 0.3) is 5.56 Å². The lowest BCUT2D eigenvalue weighted by molar-refractivity contribution is -0.121. The quantitative estimate of drug-likeness (QED) is 0.671. The lowest BCUT2D eigenvalue weighted by atomic mass is 10.2. The summed E-state index contributed by atoms with van der Waals surface area (Å²) in [5, 5.41) is 5.66. The van der Waals surface area contributed by atoms with Gasteiger partial charge in [0, 0.05) is 30.5 Å². The number of hydrogen-bond donors (Lipinski definition) is 2. The van der Waals surface area contributed by atoms with Crippen molar-refractivity contribution in [2.45, 2.75) is 19.9 Å². The summed E-state index contributed by atoms with van der Waals surface area (Å²) in [6.45, 7) is 2.80. The zero-order valence-corrected chi connectivity index (χ0v) is 15.3. The molecule has 0 aliphatic heterocycles. The Kier molecular flexibility index (Phi) is 6.93. The van der Waals surface area contributed by atoms with Gasteiger partial charge in [-0.15, -0.1) is 0 Å². The normalized spacial score (nSPS) is 10.5. The third-order valence-electron chi connectivity index (χ3n) is 3.36. The highest BCUT2D eigenvalue weighted by atomic mass is 79.9. The number of rotatable bonds is 7. The molecule has 0 aliphatic carbocycles. The second-order valence-corrected chi connectivity index (χ2v) is 6.07. The van der Waals surface area contributed by atoms with Crippen LogP contribution in [0, 0.1) is 0 Å². The van der Waals surface area contributed by atoms with E-state index in [1.807, 2.05) is 6.07 Å². The number of amides is 2. The van der Waals surface area contributed by atoms with E-state index in [2.05, 4.69) is 31.5 Å². The van der Waals surface area contributed by atoms with Gasteiger partial charge in [-0.1, -0.05) is 15.9 Å². The van der Waals surface area contributed by atoms with Gasteiger partial charge in [0.2, 0.25) is 5.91 Å². The van der Waals surface area contributed by atoms with Crippen molar-refractivity contribution in [2.24, 2.45) is 0 Å². The first kappa shape index (κ1) is 18.9. The van der Waals surface area contributed by atoms with Crippen LogP contribution < -0.4 is 16.2 Å². The van der Waals surface area contributed by atoms with Gasteiger partial charge in [0.15, 0.2) is 0 Å². The average molecular weight is 411 g/mol. The van der Waals surface area contributed by atoms with Crippen LogP contribution in [0.25, 0.3) is 10.9 Å². The van der Waals surface area contributed by atoms with Crippen molar-refractivity contribution in [2.75, 3.05) is 19.7 Å². The largest absolute Gasteiger partial charge is 0.450 e. The van der Waals surface area contributed by atoms with E-state index in [1.165, 1.54) is 10.9 Å². The smallest absolute Gasteiger partial charge is 0.407 e. The standard InChI is InChI=1S/C16H19BrN4O4/c1-2-25-16(24)19-7-6-18-14(22)5-8-21-10-20-13-4-3-11(17)9-12(13)15(21)23/h3-4,9-10H,2,5-8H2,1H3,(H,18,22)(H,19,24). The number of hydrogen-bond acceptors (Lipinski definition) is 5. The van der Waals surface area contributed by atoms with Gasteiger partial charge in [0.1, 0.15) is 0 Å². The Morgan fingerprint density at radius 3 is 2.80 bits per heavy atom. The van der Waals surface area contributed by atoms with Gasteiger partial charge < -0.3 is 15.4 Å². The molecular formula is C16H19BrN4O4. The van der Waals surface area contributed by atoms with Crippen LogP contribution in [0.4, 0.5) is 4.79 Å². The maximum atomic E-state index is 12.4. The minimum Gasteiger partial charge on any atom is -0.450 e. The predicted molar refractivity (Wildman–Crippen MR) is 96.4 cm³/mol. The monoisotopic (exact) mass is 410 g/mol. The van der Waals surface area contributed by atoms with Crippen molar-refractivity contribution in [3.63, 3.8) is 0 Å². The van der Waals surface area contributed by atoms with Gasteiger partial charge in [-0.3, -0.25) is 14.2 Å². The van der Waals surface area contributed by atoms with E-state index < -0.39 is 6.09 Å². The Balaban J connectivity index is 1.84. The molecule has 0 bridgehead atoms. The second-order valence-electron chi connectivity index (χ2n) is 5.15. The second kappa shape index (κ2) is 9.16. The average Bonchev–Trinajstić information content (AvgIpc) is 2.59. The summed E-state index contributed by atoms with van der Waals surface area (Å²) >= 11 is 3.33. The van der Waals surface area contributed by atoms with Crippen LogP contribution in [-0.4, -0.2) is 41.2 Å². The number of nitrogens with one attached hydrogen (secondary N) is 2. The molecule has 1 aromatic heterocycles. The molecule has 2 aromatic rings. The molecule has 1 heterocycles.